The maximum Gasteiger partial charge on any atom is 0.284 e. The number of aromatic nitrogens is 3. The number of halogens is 1. The fraction of sp³-hybridized carbons (Fsp3) is 0.238. The molecular formula is C21H21FN6O3S. The number of benzene rings is 1. The van der Waals surface area contributed by atoms with Gasteiger partial charge in [-0.25, -0.2) is 13.9 Å². The van der Waals surface area contributed by atoms with Gasteiger partial charge >= 0.3 is 0 Å². The third-order valence-corrected chi connectivity index (χ3v) is 4.80. The minimum atomic E-state index is -0.537. The predicted octanol–water partition coefficient (Wildman–Crippen LogP) is 2.25. The fourth-order valence-electron chi connectivity index (χ4n) is 2.87. The fourth-order valence-corrected chi connectivity index (χ4v) is 3.30. The Kier molecular flexibility index (Phi) is 7.17. The van der Waals surface area contributed by atoms with Gasteiger partial charge in [0.15, 0.2) is 12.4 Å². The average Bonchev–Trinajstić information content (AvgIpc) is 3.09. The summed E-state index contributed by atoms with van der Waals surface area (Å²) in [7, 11) is -0.408. The van der Waals surface area contributed by atoms with Crippen molar-refractivity contribution in [2.24, 2.45) is 4.36 Å². The molecule has 32 heavy (non-hydrogen) atoms. The molecular weight excluding hydrogens is 435 g/mol. The Hall–Kier alpha value is -3.78. The molecule has 2 heterocycles. The van der Waals surface area contributed by atoms with Crippen LogP contribution in [0.25, 0.3) is 5.52 Å². The van der Waals surface area contributed by atoms with Gasteiger partial charge in [-0.1, -0.05) is 16.6 Å². The molecule has 0 unspecified atom stereocenters. The number of hydrogen-bond acceptors (Lipinski definition) is 6. The molecule has 0 aliphatic heterocycles. The lowest BCUT2D eigenvalue weighted by Gasteiger charge is -2.13. The van der Waals surface area contributed by atoms with Crippen LogP contribution in [0.4, 0.5) is 15.9 Å². The van der Waals surface area contributed by atoms with Crippen LogP contribution in [0.5, 0.6) is 5.75 Å². The first kappa shape index (κ1) is 22.9. The van der Waals surface area contributed by atoms with Gasteiger partial charge in [0.05, 0.1) is 17.8 Å². The number of carbonyl (C=O) groups excluding carboxylic acids is 2. The van der Waals surface area contributed by atoms with Crippen LogP contribution in [-0.4, -0.2) is 52.1 Å². The molecule has 3 rings (SSSR count). The molecule has 0 saturated heterocycles. The zero-order valence-corrected chi connectivity index (χ0v) is 18.5. The van der Waals surface area contributed by atoms with Crippen LogP contribution in [0.1, 0.15) is 15.9 Å². The van der Waals surface area contributed by atoms with Gasteiger partial charge in [0.25, 0.3) is 11.8 Å². The van der Waals surface area contributed by atoms with Crippen LogP contribution in [0.3, 0.4) is 0 Å². The molecule has 2 aromatic heterocycles. The summed E-state index contributed by atoms with van der Waals surface area (Å²) in [6.45, 7) is 1.49. The summed E-state index contributed by atoms with van der Waals surface area (Å²) in [5, 5.41) is 9.71. The summed E-state index contributed by atoms with van der Waals surface area (Å²) in [5.74, 6) is 1.45. The average molecular weight is 457 g/mol. The third kappa shape index (κ3) is 5.28. The number of hydrogen-bond donors (Lipinski definition) is 2. The minimum absolute atomic E-state index is 0.0630. The molecule has 166 valence electrons. The van der Waals surface area contributed by atoms with Crippen molar-refractivity contribution in [3.63, 3.8) is 0 Å². The molecule has 2 N–H and O–H groups in total. The summed E-state index contributed by atoms with van der Waals surface area (Å²) in [4.78, 5) is 28.5. The van der Waals surface area contributed by atoms with Crippen LogP contribution >= 0.6 is 0 Å². The van der Waals surface area contributed by atoms with Crippen molar-refractivity contribution in [3.05, 3.63) is 47.7 Å². The second-order valence-electron chi connectivity index (χ2n) is 6.77. The minimum Gasteiger partial charge on any atom is -0.481 e. The number of carbonyl (C=O) groups is 2. The second-order valence-corrected chi connectivity index (χ2v) is 8.50. The highest BCUT2D eigenvalue weighted by molar-refractivity contribution is 7.86. The van der Waals surface area contributed by atoms with Crippen LogP contribution in [0.2, 0.25) is 0 Å². The van der Waals surface area contributed by atoms with E-state index in [1.165, 1.54) is 23.0 Å². The molecule has 11 heteroatoms. The Morgan fingerprint density at radius 1 is 1.38 bits per heavy atom. The zero-order chi connectivity index (χ0) is 23.3. The maximum absolute atomic E-state index is 13.8. The van der Waals surface area contributed by atoms with Crippen molar-refractivity contribution in [2.45, 2.75) is 6.92 Å². The largest absolute Gasteiger partial charge is 0.481 e. The molecule has 0 atom stereocenters. The summed E-state index contributed by atoms with van der Waals surface area (Å²) in [5.41, 5.74) is 1.99. The van der Waals surface area contributed by atoms with E-state index in [4.69, 9.17) is 11.2 Å². The van der Waals surface area contributed by atoms with Gasteiger partial charge in [-0.05, 0) is 37.1 Å². The maximum atomic E-state index is 13.8. The van der Waals surface area contributed by atoms with Gasteiger partial charge in [-0.15, -0.1) is 6.42 Å². The Bertz CT molecular complexity index is 1260. The first-order valence-corrected chi connectivity index (χ1v) is 11.4. The molecule has 0 aliphatic carbocycles. The molecule has 2 amide bonds. The van der Waals surface area contributed by atoms with Crippen molar-refractivity contribution in [1.82, 2.24) is 19.9 Å². The van der Waals surface area contributed by atoms with E-state index in [1.807, 2.05) is 12.5 Å². The number of aryl methyl sites for hydroxylation is 1. The van der Waals surface area contributed by atoms with Crippen LogP contribution in [-0.2, 0) is 15.5 Å². The molecule has 0 fully saturated rings. The monoisotopic (exact) mass is 456 g/mol. The van der Waals surface area contributed by atoms with Crippen LogP contribution in [0.15, 0.2) is 35.1 Å². The van der Waals surface area contributed by atoms with Crippen LogP contribution < -0.4 is 15.4 Å². The molecule has 0 radical (unpaired) electrons. The number of anilines is 2. The van der Waals surface area contributed by atoms with E-state index >= 15 is 0 Å². The van der Waals surface area contributed by atoms with Gasteiger partial charge in [0.1, 0.15) is 23.4 Å². The van der Waals surface area contributed by atoms with Crippen molar-refractivity contribution >= 4 is 39.5 Å². The van der Waals surface area contributed by atoms with Crippen molar-refractivity contribution in [2.75, 3.05) is 31.0 Å². The van der Waals surface area contributed by atoms with Crippen molar-refractivity contribution in [1.29, 1.82) is 0 Å². The van der Waals surface area contributed by atoms with Crippen molar-refractivity contribution in [3.8, 4) is 18.1 Å². The second kappa shape index (κ2) is 10.0. The van der Waals surface area contributed by atoms with E-state index in [0.717, 1.165) is 6.07 Å². The highest BCUT2D eigenvalue weighted by Crippen LogP contribution is 2.31. The van der Waals surface area contributed by atoms with E-state index in [1.54, 1.807) is 13.1 Å². The number of terminal acetylenes is 1. The molecule has 3 aromatic rings. The number of nitrogens with one attached hydrogen (secondary N) is 2. The number of ether oxygens (including phenoxy) is 1. The Morgan fingerprint density at radius 3 is 2.88 bits per heavy atom. The lowest BCUT2D eigenvalue weighted by molar-refractivity contribution is -0.122. The zero-order valence-electron chi connectivity index (χ0n) is 17.7. The molecule has 0 aliphatic rings. The normalized spacial score (nSPS) is 10.6. The molecule has 0 saturated carbocycles. The molecule has 9 nitrogen and oxygen atoms in total. The topological polar surface area (TPSA) is 110 Å². The SMILES string of the molecule is C#CCNC(=O)COc1cc(F)ccc1Nc1ncnn2cc(C(=O)N=S(C)C)c(C)c12. The molecule has 1 aromatic carbocycles. The number of nitrogens with zero attached hydrogens (tertiary/aromatic N) is 4. The van der Waals surface area contributed by atoms with Gasteiger partial charge in [0, 0.05) is 12.3 Å². The smallest absolute Gasteiger partial charge is 0.284 e. The van der Waals surface area contributed by atoms with Crippen LogP contribution in [0, 0.1) is 25.1 Å². The van der Waals surface area contributed by atoms with Gasteiger partial charge in [-0.3, -0.25) is 9.59 Å². The molecule has 0 bridgehead atoms. The quantitative estimate of drug-likeness (QED) is 0.528. The van der Waals surface area contributed by atoms with E-state index in [0.29, 0.717) is 28.1 Å². The summed E-state index contributed by atoms with van der Waals surface area (Å²) < 4.78 is 24.9. The lowest BCUT2D eigenvalue weighted by Crippen LogP contribution is -2.29. The Balaban J connectivity index is 1.94. The molecule has 0 spiro atoms. The summed E-state index contributed by atoms with van der Waals surface area (Å²) in [6.07, 6.45) is 11.7. The highest BCUT2D eigenvalue weighted by atomic mass is 32.2. The Labute approximate surface area is 186 Å². The van der Waals surface area contributed by atoms with E-state index in [2.05, 4.69) is 31.0 Å². The highest BCUT2D eigenvalue weighted by Gasteiger charge is 2.19. The Morgan fingerprint density at radius 2 is 2.16 bits per heavy atom. The van der Waals surface area contributed by atoms with E-state index in [-0.39, 0.29) is 24.8 Å². The van der Waals surface area contributed by atoms with Gasteiger partial charge < -0.3 is 15.4 Å². The lowest BCUT2D eigenvalue weighted by atomic mass is 10.2. The first-order valence-electron chi connectivity index (χ1n) is 9.36. The first-order chi connectivity index (χ1) is 15.3. The van der Waals surface area contributed by atoms with Crippen molar-refractivity contribution < 1.29 is 18.7 Å². The van der Waals surface area contributed by atoms with Gasteiger partial charge in [0.2, 0.25) is 0 Å². The number of amides is 2. The number of rotatable bonds is 7. The van der Waals surface area contributed by atoms with E-state index < -0.39 is 22.4 Å². The third-order valence-electron chi connectivity index (χ3n) is 4.27. The summed E-state index contributed by atoms with van der Waals surface area (Å²) in [6, 6.07) is 3.86. The standard InChI is InChI=1S/C21H21FN6O3S/c1-5-8-23-18(29)11-31-17-9-14(22)6-7-16(17)26-20-19-13(2)15(21(30)27-32(3)4)10-28(19)25-12-24-20/h1,6-7,9-10,12H,8,11H2,2-4H3,(H,23,29)(H,24,25,26). The van der Waals surface area contributed by atoms with Gasteiger partial charge in [-0.2, -0.15) is 9.46 Å². The predicted molar refractivity (Wildman–Crippen MR) is 121 cm³/mol. The summed E-state index contributed by atoms with van der Waals surface area (Å²) >= 11 is 0. The number of fused-ring (bicyclic) bond motifs is 1. The van der Waals surface area contributed by atoms with E-state index in [9.17, 15) is 14.0 Å².